The zero-order valence-electron chi connectivity index (χ0n) is 12.9. The Bertz CT molecular complexity index is 614. The highest BCUT2D eigenvalue weighted by Gasteiger charge is 2.21. The smallest absolute Gasteiger partial charge is 0.223 e. The molecule has 2 aromatic rings. The Morgan fingerprint density at radius 3 is 2.67 bits per heavy atom. The number of thiophene rings is 1. The molecule has 0 radical (unpaired) electrons. The molecule has 0 unspecified atom stereocenters. The van der Waals surface area contributed by atoms with Crippen molar-refractivity contribution in [1.82, 2.24) is 9.97 Å². The van der Waals surface area contributed by atoms with E-state index in [9.17, 15) is 0 Å². The summed E-state index contributed by atoms with van der Waals surface area (Å²) in [5.41, 5.74) is 5.87. The predicted molar refractivity (Wildman–Crippen MR) is 90.9 cm³/mol. The number of nitrogen functional groups attached to an aromatic ring is 1. The summed E-state index contributed by atoms with van der Waals surface area (Å²) in [5, 5.41) is 4.75. The van der Waals surface area contributed by atoms with Gasteiger partial charge in [-0.1, -0.05) is 20.3 Å². The summed E-state index contributed by atoms with van der Waals surface area (Å²) in [6.45, 7) is 4.46. The van der Waals surface area contributed by atoms with E-state index >= 15 is 0 Å². The van der Waals surface area contributed by atoms with Crippen LogP contribution in [0.15, 0.2) is 6.07 Å². The molecule has 114 valence electrons. The lowest BCUT2D eigenvalue weighted by atomic mass is 9.84. The lowest BCUT2D eigenvalue weighted by Crippen LogP contribution is -2.26. The third kappa shape index (κ3) is 3.12. The van der Waals surface area contributed by atoms with Crippen LogP contribution in [0.3, 0.4) is 0 Å². The van der Waals surface area contributed by atoms with Gasteiger partial charge in [-0.3, -0.25) is 0 Å². The maximum absolute atomic E-state index is 5.87. The van der Waals surface area contributed by atoms with Crippen molar-refractivity contribution < 1.29 is 0 Å². The molecule has 1 fully saturated rings. The van der Waals surface area contributed by atoms with Gasteiger partial charge in [0.05, 0.1) is 5.39 Å². The number of anilines is 2. The number of hydrogen-bond acceptors (Lipinski definition) is 5. The molecule has 0 bridgehead atoms. The van der Waals surface area contributed by atoms with Gasteiger partial charge < -0.3 is 11.1 Å². The van der Waals surface area contributed by atoms with E-state index in [4.69, 9.17) is 5.73 Å². The monoisotopic (exact) mass is 304 g/mol. The van der Waals surface area contributed by atoms with Gasteiger partial charge in [-0.25, -0.2) is 4.98 Å². The molecule has 1 aliphatic rings. The molecule has 2 aromatic heterocycles. The predicted octanol–water partition coefficient (Wildman–Crippen LogP) is 4.22. The van der Waals surface area contributed by atoms with Gasteiger partial charge in [-0.05, 0) is 44.1 Å². The van der Waals surface area contributed by atoms with Crippen molar-refractivity contribution in [2.45, 2.75) is 58.4 Å². The van der Waals surface area contributed by atoms with E-state index in [1.165, 1.54) is 37.0 Å². The molecular weight excluding hydrogens is 280 g/mol. The van der Waals surface area contributed by atoms with Crippen molar-refractivity contribution >= 4 is 33.3 Å². The fraction of sp³-hybridized carbons (Fsp3) is 0.625. The van der Waals surface area contributed by atoms with Crippen LogP contribution in [0.25, 0.3) is 10.2 Å². The number of nitrogens with zero attached hydrogens (tertiary/aromatic N) is 2. The van der Waals surface area contributed by atoms with Crippen LogP contribution in [0.5, 0.6) is 0 Å². The van der Waals surface area contributed by atoms with Crippen molar-refractivity contribution in [3.63, 3.8) is 0 Å². The van der Waals surface area contributed by atoms with Crippen molar-refractivity contribution in [2.75, 3.05) is 11.1 Å². The van der Waals surface area contributed by atoms with Gasteiger partial charge in [-0.15, -0.1) is 11.3 Å². The molecule has 0 amide bonds. The van der Waals surface area contributed by atoms with E-state index in [1.807, 2.05) is 0 Å². The number of fused-ring (bicyclic) bond motifs is 1. The normalized spacial score (nSPS) is 22.6. The molecule has 0 spiro atoms. The molecule has 0 aromatic carbocycles. The van der Waals surface area contributed by atoms with Crippen LogP contribution in [0.2, 0.25) is 0 Å². The first-order valence-electron chi connectivity index (χ1n) is 8.02. The Morgan fingerprint density at radius 2 is 2.00 bits per heavy atom. The number of nitrogens with two attached hydrogens (primary N) is 1. The average Bonchev–Trinajstić information content (AvgIpc) is 2.91. The standard InChI is InChI=1S/C16H24N4S/c1-3-10-5-7-11(8-6-10)18-14-13-9-12(4-2)21-15(13)20-16(17)19-14/h9-11H,3-8H2,1-2H3,(H3,17,18,19,20). The van der Waals surface area contributed by atoms with E-state index in [0.717, 1.165) is 28.4 Å². The van der Waals surface area contributed by atoms with Gasteiger partial charge in [0.1, 0.15) is 10.6 Å². The fourth-order valence-corrected chi connectivity index (χ4v) is 4.15. The van der Waals surface area contributed by atoms with Crippen molar-refractivity contribution in [1.29, 1.82) is 0 Å². The Morgan fingerprint density at radius 1 is 1.24 bits per heavy atom. The van der Waals surface area contributed by atoms with E-state index in [1.54, 1.807) is 11.3 Å². The van der Waals surface area contributed by atoms with Gasteiger partial charge >= 0.3 is 0 Å². The fourth-order valence-electron chi connectivity index (χ4n) is 3.18. The Kier molecular flexibility index (Phi) is 4.29. The molecule has 21 heavy (non-hydrogen) atoms. The SMILES string of the molecule is CCc1cc2c(NC3CCC(CC)CC3)nc(N)nc2s1. The maximum Gasteiger partial charge on any atom is 0.223 e. The zero-order valence-corrected chi connectivity index (χ0v) is 13.7. The molecule has 4 nitrogen and oxygen atoms in total. The summed E-state index contributed by atoms with van der Waals surface area (Å²) in [4.78, 5) is 11.2. The van der Waals surface area contributed by atoms with Crippen LogP contribution in [-0.4, -0.2) is 16.0 Å². The van der Waals surface area contributed by atoms with E-state index in [0.29, 0.717) is 12.0 Å². The topological polar surface area (TPSA) is 63.8 Å². The first-order chi connectivity index (χ1) is 10.2. The lowest BCUT2D eigenvalue weighted by molar-refractivity contribution is 0.330. The van der Waals surface area contributed by atoms with Gasteiger partial charge in [0.15, 0.2) is 0 Å². The summed E-state index contributed by atoms with van der Waals surface area (Å²) < 4.78 is 0. The molecular formula is C16H24N4S. The van der Waals surface area contributed by atoms with Crippen LogP contribution < -0.4 is 11.1 Å². The Labute approximate surface area is 130 Å². The second kappa shape index (κ2) is 6.18. The van der Waals surface area contributed by atoms with Gasteiger partial charge in [0.2, 0.25) is 5.95 Å². The minimum atomic E-state index is 0.372. The van der Waals surface area contributed by atoms with Crippen LogP contribution in [0, 0.1) is 5.92 Å². The minimum Gasteiger partial charge on any atom is -0.368 e. The molecule has 5 heteroatoms. The van der Waals surface area contributed by atoms with E-state index < -0.39 is 0 Å². The Balaban J connectivity index is 1.81. The van der Waals surface area contributed by atoms with Gasteiger partial charge in [-0.2, -0.15) is 4.98 Å². The van der Waals surface area contributed by atoms with Crippen LogP contribution >= 0.6 is 11.3 Å². The third-order valence-corrected chi connectivity index (χ3v) is 5.75. The summed E-state index contributed by atoms with van der Waals surface area (Å²) >= 11 is 1.72. The molecule has 3 rings (SSSR count). The van der Waals surface area contributed by atoms with E-state index in [2.05, 4.69) is 35.2 Å². The van der Waals surface area contributed by atoms with Crippen molar-refractivity contribution in [2.24, 2.45) is 5.92 Å². The van der Waals surface area contributed by atoms with Gasteiger partial charge in [0.25, 0.3) is 0 Å². The summed E-state index contributed by atoms with van der Waals surface area (Å²) in [7, 11) is 0. The minimum absolute atomic E-state index is 0.372. The highest BCUT2D eigenvalue weighted by atomic mass is 32.1. The Hall–Kier alpha value is -1.36. The molecule has 2 heterocycles. The van der Waals surface area contributed by atoms with Gasteiger partial charge in [0, 0.05) is 10.9 Å². The number of nitrogens with one attached hydrogen (secondary N) is 1. The van der Waals surface area contributed by atoms with Crippen LogP contribution in [0.4, 0.5) is 11.8 Å². The van der Waals surface area contributed by atoms with Crippen LogP contribution in [-0.2, 0) is 6.42 Å². The molecule has 0 atom stereocenters. The number of aryl methyl sites for hydroxylation is 1. The average molecular weight is 304 g/mol. The molecule has 1 aliphatic carbocycles. The number of hydrogen-bond donors (Lipinski definition) is 2. The third-order valence-electron chi connectivity index (χ3n) is 4.57. The molecule has 1 saturated carbocycles. The quantitative estimate of drug-likeness (QED) is 0.888. The first-order valence-corrected chi connectivity index (χ1v) is 8.83. The lowest BCUT2D eigenvalue weighted by Gasteiger charge is -2.28. The second-order valence-corrected chi connectivity index (χ2v) is 7.10. The maximum atomic E-state index is 5.87. The first kappa shape index (κ1) is 14.6. The zero-order chi connectivity index (χ0) is 14.8. The summed E-state index contributed by atoms with van der Waals surface area (Å²) in [5.74, 6) is 2.21. The van der Waals surface area contributed by atoms with E-state index in [-0.39, 0.29) is 0 Å². The highest BCUT2D eigenvalue weighted by Crippen LogP contribution is 2.33. The second-order valence-electron chi connectivity index (χ2n) is 5.99. The number of aromatic nitrogens is 2. The van der Waals surface area contributed by atoms with Crippen molar-refractivity contribution in [3.05, 3.63) is 10.9 Å². The molecule has 0 aliphatic heterocycles. The molecule has 3 N–H and O–H groups in total. The largest absolute Gasteiger partial charge is 0.368 e. The highest BCUT2D eigenvalue weighted by molar-refractivity contribution is 7.18. The summed E-state index contributed by atoms with van der Waals surface area (Å²) in [6.07, 6.45) is 7.44. The molecule has 0 saturated heterocycles. The number of rotatable bonds is 4. The summed E-state index contributed by atoms with van der Waals surface area (Å²) in [6, 6.07) is 2.73. The van der Waals surface area contributed by atoms with Crippen LogP contribution in [0.1, 0.15) is 50.8 Å². The van der Waals surface area contributed by atoms with Crippen molar-refractivity contribution in [3.8, 4) is 0 Å².